The molecule has 0 aromatic heterocycles. The van der Waals surface area contributed by atoms with Gasteiger partial charge in [-0.2, -0.15) is 5.26 Å². The topological polar surface area (TPSA) is 82.6 Å². The second-order valence-electron chi connectivity index (χ2n) is 4.86. The largest absolute Gasteiger partial charge is 0.397 e. The van der Waals surface area contributed by atoms with Crippen LogP contribution in [0.5, 0.6) is 0 Å². The van der Waals surface area contributed by atoms with E-state index in [1.165, 1.54) is 4.90 Å². The summed E-state index contributed by atoms with van der Waals surface area (Å²) in [5.74, 6) is -0.0892. The minimum atomic E-state index is -0.0892. The molecule has 0 spiro atoms. The highest BCUT2D eigenvalue weighted by Gasteiger charge is 2.13. The Morgan fingerprint density at radius 3 is 2.62 bits per heavy atom. The van der Waals surface area contributed by atoms with Crippen molar-refractivity contribution in [1.82, 2.24) is 4.90 Å². The van der Waals surface area contributed by atoms with Gasteiger partial charge in [-0.15, -0.1) is 0 Å². The minimum Gasteiger partial charge on any atom is -0.397 e. The van der Waals surface area contributed by atoms with Crippen molar-refractivity contribution < 1.29 is 9.53 Å². The molecule has 0 heterocycles. The predicted molar refractivity (Wildman–Crippen MR) is 83.2 cm³/mol. The van der Waals surface area contributed by atoms with Crippen LogP contribution in [0.4, 0.5) is 11.4 Å². The molecular weight excluding hydrogens is 268 g/mol. The summed E-state index contributed by atoms with van der Waals surface area (Å²) in [7, 11) is 5.03. The maximum atomic E-state index is 11.9. The van der Waals surface area contributed by atoms with Gasteiger partial charge in [-0.25, -0.2) is 0 Å². The zero-order valence-electron chi connectivity index (χ0n) is 12.8. The van der Waals surface area contributed by atoms with E-state index in [-0.39, 0.29) is 5.91 Å². The first-order valence-corrected chi connectivity index (χ1v) is 6.73. The van der Waals surface area contributed by atoms with Gasteiger partial charge < -0.3 is 20.3 Å². The number of benzene rings is 1. The first-order chi connectivity index (χ1) is 10.0. The summed E-state index contributed by atoms with van der Waals surface area (Å²) in [6, 6.07) is 7.36. The number of ether oxygens (including phenoxy) is 1. The molecule has 0 atom stereocenters. The Morgan fingerprint density at radius 1 is 1.38 bits per heavy atom. The van der Waals surface area contributed by atoms with Crippen LogP contribution >= 0.6 is 0 Å². The fourth-order valence-electron chi connectivity index (χ4n) is 1.97. The van der Waals surface area contributed by atoms with E-state index in [0.29, 0.717) is 37.4 Å². The quantitative estimate of drug-likeness (QED) is 0.766. The van der Waals surface area contributed by atoms with E-state index in [1.807, 2.05) is 11.0 Å². The first kappa shape index (κ1) is 16.8. The van der Waals surface area contributed by atoms with Gasteiger partial charge in [0, 0.05) is 39.9 Å². The summed E-state index contributed by atoms with van der Waals surface area (Å²) in [5, 5.41) is 8.75. The summed E-state index contributed by atoms with van der Waals surface area (Å²) in [5.41, 5.74) is 7.96. The smallest absolute Gasteiger partial charge is 0.253 e. The molecule has 0 saturated carbocycles. The summed E-state index contributed by atoms with van der Waals surface area (Å²) in [4.78, 5) is 15.4. The Morgan fingerprint density at radius 2 is 2.10 bits per heavy atom. The molecule has 0 unspecified atom stereocenters. The molecule has 1 aromatic carbocycles. The molecule has 0 bridgehead atoms. The van der Waals surface area contributed by atoms with E-state index in [9.17, 15) is 4.79 Å². The van der Waals surface area contributed by atoms with E-state index < -0.39 is 0 Å². The van der Waals surface area contributed by atoms with Crippen molar-refractivity contribution in [3.8, 4) is 6.07 Å². The van der Waals surface area contributed by atoms with Crippen molar-refractivity contribution in [2.24, 2.45) is 0 Å². The van der Waals surface area contributed by atoms with E-state index in [0.717, 1.165) is 5.69 Å². The molecule has 0 aliphatic carbocycles. The van der Waals surface area contributed by atoms with E-state index in [4.69, 9.17) is 15.7 Å². The Bertz CT molecular complexity index is 523. The lowest BCUT2D eigenvalue weighted by Crippen LogP contribution is -2.29. The number of methoxy groups -OCH3 is 1. The van der Waals surface area contributed by atoms with Crippen LogP contribution in [-0.2, 0) is 4.74 Å². The van der Waals surface area contributed by atoms with Crippen molar-refractivity contribution in [2.75, 3.05) is 51.5 Å². The van der Waals surface area contributed by atoms with Gasteiger partial charge in [-0.3, -0.25) is 4.79 Å². The predicted octanol–water partition coefficient (Wildman–Crippen LogP) is 1.34. The van der Waals surface area contributed by atoms with Gasteiger partial charge in [0.2, 0.25) is 0 Å². The second-order valence-corrected chi connectivity index (χ2v) is 4.86. The number of nitriles is 1. The minimum absolute atomic E-state index is 0.0892. The van der Waals surface area contributed by atoms with Gasteiger partial charge in [0.15, 0.2) is 0 Å². The van der Waals surface area contributed by atoms with Crippen LogP contribution in [0.3, 0.4) is 0 Å². The molecule has 0 saturated heterocycles. The molecule has 6 heteroatoms. The number of amides is 1. The lowest BCUT2D eigenvalue weighted by molar-refractivity contribution is 0.0827. The fourth-order valence-corrected chi connectivity index (χ4v) is 1.97. The van der Waals surface area contributed by atoms with Crippen LogP contribution in [0, 0.1) is 11.3 Å². The lowest BCUT2D eigenvalue weighted by atomic mass is 10.1. The molecule has 0 fully saturated rings. The average molecular weight is 290 g/mol. The molecule has 0 radical (unpaired) electrons. The van der Waals surface area contributed by atoms with E-state index in [2.05, 4.69) is 6.07 Å². The first-order valence-electron chi connectivity index (χ1n) is 6.73. The third kappa shape index (κ3) is 4.65. The van der Waals surface area contributed by atoms with Gasteiger partial charge in [0.1, 0.15) is 0 Å². The number of nitrogens with zero attached hydrogens (tertiary/aromatic N) is 3. The zero-order chi connectivity index (χ0) is 15.8. The van der Waals surface area contributed by atoms with Crippen molar-refractivity contribution >= 4 is 17.3 Å². The molecule has 114 valence electrons. The molecule has 1 rings (SSSR count). The molecule has 1 amide bonds. The number of carbonyl (C=O) groups is 1. The maximum absolute atomic E-state index is 11.9. The molecule has 1 aromatic rings. The lowest BCUT2D eigenvalue weighted by Gasteiger charge is -2.25. The van der Waals surface area contributed by atoms with Crippen LogP contribution in [0.1, 0.15) is 16.8 Å². The van der Waals surface area contributed by atoms with Crippen molar-refractivity contribution in [3.05, 3.63) is 23.8 Å². The Balaban J connectivity index is 2.98. The number of carbonyl (C=O) groups excluding carboxylic acids is 1. The van der Waals surface area contributed by atoms with E-state index >= 15 is 0 Å². The van der Waals surface area contributed by atoms with Gasteiger partial charge in [0.05, 0.1) is 30.5 Å². The fraction of sp³-hybridized carbons (Fsp3) is 0.467. The van der Waals surface area contributed by atoms with Crippen molar-refractivity contribution in [1.29, 1.82) is 5.26 Å². The van der Waals surface area contributed by atoms with Crippen molar-refractivity contribution in [2.45, 2.75) is 6.42 Å². The zero-order valence-corrected chi connectivity index (χ0v) is 12.8. The number of hydrogen-bond acceptors (Lipinski definition) is 5. The van der Waals surface area contributed by atoms with Gasteiger partial charge >= 0.3 is 0 Å². The van der Waals surface area contributed by atoms with Crippen LogP contribution in [0.2, 0.25) is 0 Å². The Kier molecular flexibility index (Phi) is 6.50. The molecule has 6 nitrogen and oxygen atoms in total. The highest BCUT2D eigenvalue weighted by molar-refractivity contribution is 5.95. The van der Waals surface area contributed by atoms with Crippen molar-refractivity contribution in [3.63, 3.8) is 0 Å². The second kappa shape index (κ2) is 8.12. The summed E-state index contributed by atoms with van der Waals surface area (Å²) in [6.07, 6.45) is 0.404. The average Bonchev–Trinajstić information content (AvgIpc) is 2.47. The van der Waals surface area contributed by atoms with Crippen LogP contribution in [-0.4, -0.2) is 51.7 Å². The molecule has 0 aliphatic heterocycles. The molecular formula is C15H22N4O2. The van der Waals surface area contributed by atoms with Gasteiger partial charge in [-0.05, 0) is 18.2 Å². The SMILES string of the molecule is COCCN(CCC#N)c1ccc(C(=O)N(C)C)cc1N. The Hall–Kier alpha value is -2.26. The summed E-state index contributed by atoms with van der Waals surface area (Å²) in [6.45, 7) is 1.76. The van der Waals surface area contributed by atoms with Crippen LogP contribution in [0.15, 0.2) is 18.2 Å². The summed E-state index contributed by atoms with van der Waals surface area (Å²) < 4.78 is 5.08. The van der Waals surface area contributed by atoms with Crippen LogP contribution in [0.25, 0.3) is 0 Å². The van der Waals surface area contributed by atoms with Gasteiger partial charge in [-0.1, -0.05) is 0 Å². The number of anilines is 2. The number of hydrogen-bond donors (Lipinski definition) is 1. The third-order valence-corrected chi connectivity index (χ3v) is 3.08. The highest BCUT2D eigenvalue weighted by Crippen LogP contribution is 2.25. The molecule has 0 aliphatic rings. The maximum Gasteiger partial charge on any atom is 0.253 e. The van der Waals surface area contributed by atoms with E-state index in [1.54, 1.807) is 33.3 Å². The van der Waals surface area contributed by atoms with Crippen LogP contribution < -0.4 is 10.6 Å². The normalized spacial score (nSPS) is 10.0. The Labute approximate surface area is 125 Å². The number of nitrogens with two attached hydrogens (primary N) is 1. The summed E-state index contributed by atoms with van der Waals surface area (Å²) >= 11 is 0. The standard InChI is InChI=1S/C15H22N4O2/c1-18(2)15(20)12-5-6-14(13(17)11-12)19(8-4-7-16)9-10-21-3/h5-6,11H,4,8-10,17H2,1-3H3. The monoisotopic (exact) mass is 290 g/mol. The third-order valence-electron chi connectivity index (χ3n) is 3.08. The molecule has 2 N–H and O–H groups in total. The van der Waals surface area contributed by atoms with Gasteiger partial charge in [0.25, 0.3) is 5.91 Å². The highest BCUT2D eigenvalue weighted by atomic mass is 16.5. The molecule has 21 heavy (non-hydrogen) atoms. The number of rotatable bonds is 7. The number of nitrogen functional groups attached to an aromatic ring is 1.